The Labute approximate surface area is 117 Å². The van der Waals surface area contributed by atoms with E-state index in [2.05, 4.69) is 19.2 Å². The first kappa shape index (κ1) is 14.3. The summed E-state index contributed by atoms with van der Waals surface area (Å²) < 4.78 is 0. The number of nitrogens with one attached hydrogen (secondary N) is 1. The summed E-state index contributed by atoms with van der Waals surface area (Å²) in [5.74, 6) is 0.438. The van der Waals surface area contributed by atoms with Gasteiger partial charge in [-0.3, -0.25) is 14.9 Å². The highest BCUT2D eigenvalue weighted by atomic mass is 16.6. The molecule has 3 N–H and O–H groups in total. The summed E-state index contributed by atoms with van der Waals surface area (Å²) in [6.07, 6.45) is 2.07. The van der Waals surface area contributed by atoms with Gasteiger partial charge in [-0.15, -0.1) is 0 Å². The molecule has 3 unspecified atom stereocenters. The zero-order valence-electron chi connectivity index (χ0n) is 11.6. The SMILES string of the molecule is CC1CCC(Nc2cc(C(N)=O)ccc2[N+](=O)[O-])C1C. The van der Waals surface area contributed by atoms with E-state index in [-0.39, 0.29) is 17.3 Å². The predicted octanol–water partition coefficient (Wildman–Crippen LogP) is 2.54. The summed E-state index contributed by atoms with van der Waals surface area (Å²) in [6, 6.07) is 4.36. The van der Waals surface area contributed by atoms with E-state index in [1.807, 2.05) is 0 Å². The zero-order chi connectivity index (χ0) is 14.9. The minimum absolute atomic E-state index is 0.0262. The van der Waals surface area contributed by atoms with Crippen LogP contribution in [0.15, 0.2) is 18.2 Å². The van der Waals surface area contributed by atoms with Gasteiger partial charge in [0.1, 0.15) is 5.69 Å². The molecule has 0 heterocycles. The summed E-state index contributed by atoms with van der Waals surface area (Å²) in [5.41, 5.74) is 5.85. The molecular formula is C14H19N3O3. The number of hydrogen-bond donors (Lipinski definition) is 2. The molecule has 20 heavy (non-hydrogen) atoms. The number of nitrogens with zero attached hydrogens (tertiary/aromatic N) is 1. The second-order valence-electron chi connectivity index (χ2n) is 5.52. The third-order valence-electron chi connectivity index (χ3n) is 4.28. The van der Waals surface area contributed by atoms with Gasteiger partial charge in [-0.2, -0.15) is 0 Å². The first-order chi connectivity index (χ1) is 9.40. The smallest absolute Gasteiger partial charge is 0.292 e. The van der Waals surface area contributed by atoms with Crippen LogP contribution in [-0.4, -0.2) is 16.9 Å². The van der Waals surface area contributed by atoms with Gasteiger partial charge < -0.3 is 11.1 Å². The van der Waals surface area contributed by atoms with Crippen LogP contribution in [0.25, 0.3) is 0 Å². The number of nitrogens with two attached hydrogens (primary N) is 1. The Hall–Kier alpha value is -2.11. The lowest BCUT2D eigenvalue weighted by Gasteiger charge is -2.21. The molecule has 0 aromatic heterocycles. The second kappa shape index (κ2) is 5.48. The van der Waals surface area contributed by atoms with Gasteiger partial charge in [0.05, 0.1) is 4.92 Å². The summed E-state index contributed by atoms with van der Waals surface area (Å²) >= 11 is 0. The number of hydrogen-bond acceptors (Lipinski definition) is 4. The molecule has 0 spiro atoms. The molecule has 3 atom stereocenters. The van der Waals surface area contributed by atoms with Crippen molar-refractivity contribution in [2.75, 3.05) is 5.32 Å². The number of amides is 1. The molecule has 1 aliphatic carbocycles. The van der Waals surface area contributed by atoms with Gasteiger partial charge in [-0.1, -0.05) is 13.8 Å². The van der Waals surface area contributed by atoms with Crippen molar-refractivity contribution >= 4 is 17.3 Å². The first-order valence-corrected chi connectivity index (χ1v) is 6.75. The fourth-order valence-electron chi connectivity index (χ4n) is 2.73. The van der Waals surface area contributed by atoms with E-state index in [1.54, 1.807) is 0 Å². The number of benzene rings is 1. The van der Waals surface area contributed by atoms with Crippen molar-refractivity contribution < 1.29 is 9.72 Å². The minimum Gasteiger partial charge on any atom is -0.376 e. The molecule has 6 heteroatoms. The van der Waals surface area contributed by atoms with E-state index in [1.165, 1.54) is 18.2 Å². The maximum Gasteiger partial charge on any atom is 0.292 e. The number of carbonyl (C=O) groups excluding carboxylic acids is 1. The van der Waals surface area contributed by atoms with Crippen LogP contribution in [0.5, 0.6) is 0 Å². The first-order valence-electron chi connectivity index (χ1n) is 6.75. The van der Waals surface area contributed by atoms with Gasteiger partial charge in [-0.05, 0) is 36.8 Å². The van der Waals surface area contributed by atoms with E-state index in [4.69, 9.17) is 5.73 Å². The summed E-state index contributed by atoms with van der Waals surface area (Å²) in [6.45, 7) is 4.32. The number of rotatable bonds is 4. The Morgan fingerprint density at radius 3 is 2.60 bits per heavy atom. The quantitative estimate of drug-likeness (QED) is 0.652. The van der Waals surface area contributed by atoms with Crippen LogP contribution in [0.1, 0.15) is 37.0 Å². The van der Waals surface area contributed by atoms with Crippen molar-refractivity contribution in [2.24, 2.45) is 17.6 Å². The second-order valence-corrected chi connectivity index (χ2v) is 5.52. The van der Waals surface area contributed by atoms with Crippen LogP contribution in [0.3, 0.4) is 0 Å². The molecule has 1 aliphatic rings. The zero-order valence-corrected chi connectivity index (χ0v) is 11.6. The Balaban J connectivity index is 2.30. The highest BCUT2D eigenvalue weighted by molar-refractivity contribution is 5.94. The fourth-order valence-corrected chi connectivity index (χ4v) is 2.73. The third-order valence-corrected chi connectivity index (χ3v) is 4.28. The molecule has 0 bridgehead atoms. The molecule has 0 saturated heterocycles. The topological polar surface area (TPSA) is 98.3 Å². The van der Waals surface area contributed by atoms with E-state index >= 15 is 0 Å². The lowest BCUT2D eigenvalue weighted by atomic mass is 9.97. The Morgan fingerprint density at radius 1 is 1.40 bits per heavy atom. The lowest BCUT2D eigenvalue weighted by Crippen LogP contribution is -2.24. The van der Waals surface area contributed by atoms with Crippen LogP contribution < -0.4 is 11.1 Å². The number of anilines is 1. The maximum absolute atomic E-state index is 11.2. The Kier molecular flexibility index (Phi) is 3.92. The largest absolute Gasteiger partial charge is 0.376 e. The van der Waals surface area contributed by atoms with Gasteiger partial charge in [-0.25, -0.2) is 0 Å². The Morgan fingerprint density at radius 2 is 2.10 bits per heavy atom. The predicted molar refractivity (Wildman–Crippen MR) is 76.6 cm³/mol. The Bertz CT molecular complexity index is 544. The van der Waals surface area contributed by atoms with Gasteiger partial charge in [0.25, 0.3) is 5.69 Å². The van der Waals surface area contributed by atoms with Gasteiger partial charge in [0, 0.05) is 17.7 Å². The van der Waals surface area contributed by atoms with Crippen molar-refractivity contribution in [3.05, 3.63) is 33.9 Å². The summed E-state index contributed by atoms with van der Waals surface area (Å²) in [5, 5.41) is 14.3. The molecule has 1 aromatic carbocycles. The van der Waals surface area contributed by atoms with Gasteiger partial charge >= 0.3 is 0 Å². The minimum atomic E-state index is -0.587. The molecule has 6 nitrogen and oxygen atoms in total. The summed E-state index contributed by atoms with van der Waals surface area (Å²) in [7, 11) is 0. The average Bonchev–Trinajstić information content (AvgIpc) is 2.70. The molecule has 1 fully saturated rings. The molecule has 2 rings (SSSR count). The van der Waals surface area contributed by atoms with E-state index in [0.29, 0.717) is 17.5 Å². The molecule has 0 radical (unpaired) electrons. The monoisotopic (exact) mass is 277 g/mol. The molecule has 0 aliphatic heterocycles. The number of carbonyl (C=O) groups is 1. The lowest BCUT2D eigenvalue weighted by molar-refractivity contribution is -0.384. The average molecular weight is 277 g/mol. The number of primary amides is 1. The standard InChI is InChI=1S/C14H19N3O3/c1-8-3-5-11(9(8)2)16-12-7-10(14(15)18)4-6-13(12)17(19)20/h4,6-9,11,16H,3,5H2,1-2H3,(H2,15,18). The van der Waals surface area contributed by atoms with Crippen LogP contribution in [0.2, 0.25) is 0 Å². The van der Waals surface area contributed by atoms with Crippen LogP contribution in [-0.2, 0) is 0 Å². The molecule has 108 valence electrons. The van der Waals surface area contributed by atoms with E-state index in [9.17, 15) is 14.9 Å². The fraction of sp³-hybridized carbons (Fsp3) is 0.500. The molecule has 1 amide bonds. The highest BCUT2D eigenvalue weighted by Gasteiger charge is 2.31. The maximum atomic E-state index is 11.2. The number of nitro benzene ring substituents is 1. The highest BCUT2D eigenvalue weighted by Crippen LogP contribution is 2.35. The van der Waals surface area contributed by atoms with E-state index in [0.717, 1.165) is 12.8 Å². The van der Waals surface area contributed by atoms with Crippen molar-refractivity contribution in [1.29, 1.82) is 0 Å². The van der Waals surface area contributed by atoms with Crippen molar-refractivity contribution in [2.45, 2.75) is 32.7 Å². The van der Waals surface area contributed by atoms with E-state index < -0.39 is 10.8 Å². The molecule has 1 aromatic rings. The molecule has 1 saturated carbocycles. The van der Waals surface area contributed by atoms with Crippen LogP contribution >= 0.6 is 0 Å². The van der Waals surface area contributed by atoms with Crippen molar-refractivity contribution in [1.82, 2.24) is 0 Å². The van der Waals surface area contributed by atoms with Gasteiger partial charge in [0.2, 0.25) is 5.91 Å². The van der Waals surface area contributed by atoms with Crippen molar-refractivity contribution in [3.63, 3.8) is 0 Å². The third kappa shape index (κ3) is 2.74. The van der Waals surface area contributed by atoms with Crippen molar-refractivity contribution in [3.8, 4) is 0 Å². The summed E-state index contributed by atoms with van der Waals surface area (Å²) in [4.78, 5) is 21.8. The normalized spacial score (nSPS) is 25.4. The van der Waals surface area contributed by atoms with Gasteiger partial charge in [0.15, 0.2) is 0 Å². The number of nitro groups is 1. The molecular weight excluding hydrogens is 258 g/mol. The van der Waals surface area contributed by atoms with Crippen LogP contribution in [0, 0.1) is 22.0 Å². The van der Waals surface area contributed by atoms with Crippen LogP contribution in [0.4, 0.5) is 11.4 Å².